The van der Waals surface area contributed by atoms with Gasteiger partial charge in [-0.15, -0.1) is 0 Å². The molecule has 0 spiro atoms. The van der Waals surface area contributed by atoms with Gasteiger partial charge < -0.3 is 10.2 Å². The van der Waals surface area contributed by atoms with Crippen molar-refractivity contribution in [2.45, 2.75) is 0 Å². The number of aromatic nitrogens is 2. The molecule has 5 rings (SSSR count). The molecule has 2 N–H and O–H groups in total. The van der Waals surface area contributed by atoms with E-state index in [1.165, 1.54) is 10.6 Å². The van der Waals surface area contributed by atoms with Crippen molar-refractivity contribution >= 4 is 27.8 Å². The van der Waals surface area contributed by atoms with Crippen LogP contribution >= 0.6 is 0 Å². The van der Waals surface area contributed by atoms with E-state index >= 15 is 0 Å². The van der Waals surface area contributed by atoms with Crippen LogP contribution in [0.15, 0.2) is 89.7 Å². The topological polar surface area (TPSA) is 92.4 Å². The highest BCUT2D eigenvalue weighted by Gasteiger charge is 2.22. The maximum absolute atomic E-state index is 13.6. The highest BCUT2D eigenvalue weighted by molar-refractivity contribution is 6.04. The Morgan fingerprint density at radius 2 is 1.48 bits per heavy atom. The zero-order valence-corrected chi connectivity index (χ0v) is 16.2. The van der Waals surface area contributed by atoms with E-state index < -0.39 is 11.5 Å². The van der Waals surface area contributed by atoms with E-state index in [0.717, 1.165) is 0 Å². The molecule has 6 nitrogen and oxygen atoms in total. The number of carbonyl (C=O) groups is 1. The lowest BCUT2D eigenvalue weighted by Gasteiger charge is -2.15. The highest BCUT2D eigenvalue weighted by atomic mass is 16.4. The van der Waals surface area contributed by atoms with Crippen molar-refractivity contribution in [2.75, 3.05) is 0 Å². The number of fused-ring (bicyclic) bond motifs is 2. The molecule has 0 fully saturated rings. The van der Waals surface area contributed by atoms with Crippen molar-refractivity contribution in [2.24, 2.45) is 0 Å². The van der Waals surface area contributed by atoms with E-state index in [1.54, 1.807) is 60.7 Å². The van der Waals surface area contributed by atoms with E-state index in [0.29, 0.717) is 27.5 Å². The first-order valence-corrected chi connectivity index (χ1v) is 9.62. The third-order valence-corrected chi connectivity index (χ3v) is 5.27. The van der Waals surface area contributed by atoms with E-state index in [-0.39, 0.29) is 22.6 Å². The zero-order valence-electron chi connectivity index (χ0n) is 16.2. The van der Waals surface area contributed by atoms with Crippen molar-refractivity contribution in [1.82, 2.24) is 9.55 Å². The minimum Gasteiger partial charge on any atom is -0.506 e. The Labute approximate surface area is 176 Å². The molecule has 31 heavy (non-hydrogen) atoms. The number of rotatable bonds is 3. The molecule has 2 heterocycles. The second-order valence-corrected chi connectivity index (χ2v) is 7.09. The number of hydrogen-bond donors (Lipinski definition) is 2. The number of pyridine rings is 2. The fourth-order valence-electron chi connectivity index (χ4n) is 3.87. The van der Waals surface area contributed by atoms with Crippen LogP contribution in [0.3, 0.4) is 0 Å². The van der Waals surface area contributed by atoms with Gasteiger partial charge in [-0.05, 0) is 36.4 Å². The van der Waals surface area contributed by atoms with Crippen molar-refractivity contribution in [3.05, 3.63) is 101 Å². The molecule has 0 amide bonds. The van der Waals surface area contributed by atoms with Gasteiger partial charge in [0.2, 0.25) is 0 Å². The largest absolute Gasteiger partial charge is 0.506 e. The van der Waals surface area contributed by atoms with Gasteiger partial charge in [-0.25, -0.2) is 9.78 Å². The molecule has 0 saturated carbocycles. The summed E-state index contributed by atoms with van der Waals surface area (Å²) in [5.41, 5.74) is 1.18. The maximum atomic E-state index is 13.6. The standard InChI is InChI=1S/C25H16N2O4/c28-23-17-11-5-7-13-21(17)27(15-8-2-1-3-9-15)24(29)22(23)20-14-18(25(30)31)16-10-4-6-12-19(16)26-20/h1-14,28H,(H,30,31). The van der Waals surface area contributed by atoms with Crippen molar-refractivity contribution in [1.29, 1.82) is 0 Å². The molecule has 0 atom stereocenters. The predicted octanol–water partition coefficient (Wildman–Crippen LogP) is 4.61. The molecule has 0 bridgehead atoms. The van der Waals surface area contributed by atoms with Gasteiger partial charge in [0.1, 0.15) is 11.3 Å². The van der Waals surface area contributed by atoms with Crippen LogP contribution < -0.4 is 5.56 Å². The van der Waals surface area contributed by atoms with Crippen LogP contribution in [0.2, 0.25) is 0 Å². The normalized spacial score (nSPS) is 11.1. The molecule has 0 aliphatic carbocycles. The maximum Gasteiger partial charge on any atom is 0.336 e. The van der Waals surface area contributed by atoms with Gasteiger partial charge in [0, 0.05) is 16.5 Å². The lowest BCUT2D eigenvalue weighted by molar-refractivity contribution is 0.0699. The van der Waals surface area contributed by atoms with Gasteiger partial charge in [-0.3, -0.25) is 9.36 Å². The average molecular weight is 408 g/mol. The number of hydrogen-bond acceptors (Lipinski definition) is 4. The number of carboxylic acid groups (broad SMARTS) is 1. The predicted molar refractivity (Wildman–Crippen MR) is 119 cm³/mol. The third-order valence-electron chi connectivity index (χ3n) is 5.27. The molecule has 3 aromatic carbocycles. The fourth-order valence-corrected chi connectivity index (χ4v) is 3.87. The Morgan fingerprint density at radius 1 is 0.839 bits per heavy atom. The van der Waals surface area contributed by atoms with E-state index in [1.807, 2.05) is 18.2 Å². The molecular weight excluding hydrogens is 392 g/mol. The summed E-state index contributed by atoms with van der Waals surface area (Å²) < 4.78 is 1.50. The lowest BCUT2D eigenvalue weighted by Crippen LogP contribution is -2.21. The Balaban J connectivity index is 1.93. The molecule has 2 aromatic heterocycles. The van der Waals surface area contributed by atoms with Crippen LogP contribution in [-0.4, -0.2) is 25.7 Å². The Bertz CT molecular complexity index is 1540. The molecular formula is C25H16N2O4. The molecule has 0 unspecified atom stereocenters. The molecule has 0 radical (unpaired) electrons. The number of nitrogens with zero attached hydrogens (tertiary/aromatic N) is 2. The van der Waals surface area contributed by atoms with Gasteiger partial charge in [-0.2, -0.15) is 0 Å². The molecule has 0 aliphatic rings. The number of para-hydroxylation sites is 3. The van der Waals surface area contributed by atoms with Crippen molar-refractivity contribution < 1.29 is 15.0 Å². The van der Waals surface area contributed by atoms with E-state index in [4.69, 9.17) is 0 Å². The first-order chi connectivity index (χ1) is 15.1. The van der Waals surface area contributed by atoms with Gasteiger partial charge in [-0.1, -0.05) is 48.5 Å². The Kier molecular flexibility index (Phi) is 4.26. The van der Waals surface area contributed by atoms with Crippen LogP contribution in [-0.2, 0) is 0 Å². The molecule has 0 saturated heterocycles. The van der Waals surface area contributed by atoms with E-state index in [2.05, 4.69) is 4.98 Å². The summed E-state index contributed by atoms with van der Waals surface area (Å²) >= 11 is 0. The van der Waals surface area contributed by atoms with Gasteiger partial charge >= 0.3 is 5.97 Å². The van der Waals surface area contributed by atoms with Crippen molar-refractivity contribution in [3.63, 3.8) is 0 Å². The fraction of sp³-hybridized carbons (Fsp3) is 0. The van der Waals surface area contributed by atoms with Crippen LogP contribution in [0.25, 0.3) is 38.8 Å². The smallest absolute Gasteiger partial charge is 0.336 e. The molecule has 0 aliphatic heterocycles. The summed E-state index contributed by atoms with van der Waals surface area (Å²) in [5, 5.41) is 21.7. The second kappa shape index (κ2) is 7.11. The first-order valence-electron chi connectivity index (χ1n) is 9.62. The first kappa shape index (κ1) is 18.6. The van der Waals surface area contributed by atoms with E-state index in [9.17, 15) is 19.8 Å². The molecule has 6 heteroatoms. The summed E-state index contributed by atoms with van der Waals surface area (Å²) in [7, 11) is 0. The number of aromatic carboxylic acids is 1. The van der Waals surface area contributed by atoms with Crippen LogP contribution in [0.1, 0.15) is 10.4 Å². The minimum atomic E-state index is -1.14. The summed E-state index contributed by atoms with van der Waals surface area (Å²) in [5.74, 6) is -1.37. The minimum absolute atomic E-state index is 0.0128. The van der Waals surface area contributed by atoms with Gasteiger partial charge in [0.05, 0.1) is 22.3 Å². The molecule has 150 valence electrons. The van der Waals surface area contributed by atoms with Crippen molar-refractivity contribution in [3.8, 4) is 22.7 Å². The summed E-state index contributed by atoms with van der Waals surface area (Å²) in [6.07, 6.45) is 0. The Hall–Kier alpha value is -4.45. The quantitative estimate of drug-likeness (QED) is 0.455. The monoisotopic (exact) mass is 408 g/mol. The van der Waals surface area contributed by atoms with Crippen LogP contribution in [0.5, 0.6) is 5.75 Å². The lowest BCUT2D eigenvalue weighted by atomic mass is 10.0. The Morgan fingerprint density at radius 3 is 2.23 bits per heavy atom. The molecule has 5 aromatic rings. The summed E-state index contributed by atoms with van der Waals surface area (Å²) in [6.45, 7) is 0. The van der Waals surface area contributed by atoms with Crippen LogP contribution in [0.4, 0.5) is 0 Å². The number of aromatic hydroxyl groups is 1. The van der Waals surface area contributed by atoms with Crippen LogP contribution in [0, 0.1) is 0 Å². The zero-order chi connectivity index (χ0) is 21.5. The highest BCUT2D eigenvalue weighted by Crippen LogP contribution is 2.34. The average Bonchev–Trinajstić information content (AvgIpc) is 2.79. The summed E-state index contributed by atoms with van der Waals surface area (Å²) in [4.78, 5) is 30.0. The number of carboxylic acids is 1. The SMILES string of the molecule is O=C(O)c1cc(-c2c(O)c3ccccc3n(-c3ccccc3)c2=O)nc2ccccc12. The van der Waals surface area contributed by atoms with Gasteiger partial charge in [0.15, 0.2) is 0 Å². The third kappa shape index (κ3) is 2.93. The summed E-state index contributed by atoms with van der Waals surface area (Å²) in [6, 6.07) is 24.3. The second-order valence-electron chi connectivity index (χ2n) is 7.09. The number of benzene rings is 3. The van der Waals surface area contributed by atoms with Gasteiger partial charge in [0.25, 0.3) is 5.56 Å².